The lowest BCUT2D eigenvalue weighted by molar-refractivity contribution is -0.154. The van der Waals surface area contributed by atoms with Crippen LogP contribution in [0.1, 0.15) is 39.5 Å². The summed E-state index contributed by atoms with van der Waals surface area (Å²) in [4.78, 5) is 22.3. The van der Waals surface area contributed by atoms with Crippen LogP contribution in [0.3, 0.4) is 0 Å². The predicted octanol–water partition coefficient (Wildman–Crippen LogP) is 3.07. The molecule has 0 aliphatic carbocycles. The third kappa shape index (κ3) is 6.62. The van der Waals surface area contributed by atoms with Crippen LogP contribution in [0.2, 0.25) is 0 Å². The lowest BCUT2D eigenvalue weighted by Gasteiger charge is -2.17. The standard InChI is InChI=1S/C12H19ClO3/c1-4-6-9(3)12(15)16-10(7-5-2)8-11(13)14/h4,9-10H,1,5-8H2,2-3H3/t9-,10+/m0/s1. The van der Waals surface area contributed by atoms with Crippen molar-refractivity contribution < 1.29 is 14.3 Å². The van der Waals surface area contributed by atoms with Gasteiger partial charge in [-0.2, -0.15) is 0 Å². The van der Waals surface area contributed by atoms with Crippen molar-refractivity contribution in [1.82, 2.24) is 0 Å². The molecule has 2 atom stereocenters. The van der Waals surface area contributed by atoms with E-state index in [0.29, 0.717) is 12.8 Å². The van der Waals surface area contributed by atoms with Gasteiger partial charge in [-0.1, -0.05) is 26.3 Å². The van der Waals surface area contributed by atoms with Crippen LogP contribution < -0.4 is 0 Å². The summed E-state index contributed by atoms with van der Waals surface area (Å²) in [5.41, 5.74) is 0. The number of carbonyl (C=O) groups is 2. The van der Waals surface area contributed by atoms with E-state index in [-0.39, 0.29) is 18.3 Å². The smallest absolute Gasteiger partial charge is 0.309 e. The molecule has 0 aliphatic heterocycles. The number of esters is 1. The molecular weight excluding hydrogens is 228 g/mol. The maximum Gasteiger partial charge on any atom is 0.309 e. The van der Waals surface area contributed by atoms with E-state index in [2.05, 4.69) is 6.58 Å². The van der Waals surface area contributed by atoms with Crippen molar-refractivity contribution in [3.05, 3.63) is 12.7 Å². The molecule has 92 valence electrons. The lowest BCUT2D eigenvalue weighted by Crippen LogP contribution is -2.24. The molecule has 0 aromatic rings. The minimum atomic E-state index is -0.470. The first-order valence-electron chi connectivity index (χ1n) is 5.50. The molecule has 0 aliphatic rings. The molecule has 3 nitrogen and oxygen atoms in total. The van der Waals surface area contributed by atoms with E-state index in [1.54, 1.807) is 13.0 Å². The highest BCUT2D eigenvalue weighted by atomic mass is 35.5. The van der Waals surface area contributed by atoms with Gasteiger partial charge in [-0.15, -0.1) is 6.58 Å². The van der Waals surface area contributed by atoms with Crippen molar-refractivity contribution in [2.45, 2.75) is 45.6 Å². The first kappa shape index (κ1) is 15.2. The fourth-order valence-corrected chi connectivity index (χ4v) is 1.50. The molecule has 0 fully saturated rings. The number of hydrogen-bond donors (Lipinski definition) is 0. The number of allylic oxidation sites excluding steroid dienone is 1. The average Bonchev–Trinajstić information content (AvgIpc) is 2.17. The summed E-state index contributed by atoms with van der Waals surface area (Å²) in [7, 11) is 0. The fourth-order valence-electron chi connectivity index (χ4n) is 1.33. The third-order valence-electron chi connectivity index (χ3n) is 2.20. The zero-order chi connectivity index (χ0) is 12.6. The molecule has 4 heteroatoms. The van der Waals surface area contributed by atoms with Crippen molar-refractivity contribution in [3.63, 3.8) is 0 Å². The van der Waals surface area contributed by atoms with Gasteiger partial charge >= 0.3 is 5.97 Å². The Morgan fingerprint density at radius 3 is 2.56 bits per heavy atom. The van der Waals surface area contributed by atoms with Crippen LogP contribution in [0.15, 0.2) is 12.7 Å². The van der Waals surface area contributed by atoms with Crippen LogP contribution in [0, 0.1) is 5.92 Å². The van der Waals surface area contributed by atoms with Crippen molar-refractivity contribution in [1.29, 1.82) is 0 Å². The zero-order valence-corrected chi connectivity index (χ0v) is 10.6. The van der Waals surface area contributed by atoms with Gasteiger partial charge in [0, 0.05) is 0 Å². The summed E-state index contributed by atoms with van der Waals surface area (Å²) in [6.07, 6.45) is 3.44. The fraction of sp³-hybridized carbons (Fsp3) is 0.667. The average molecular weight is 247 g/mol. The van der Waals surface area contributed by atoms with Crippen LogP contribution in [0.4, 0.5) is 0 Å². The highest BCUT2D eigenvalue weighted by Gasteiger charge is 2.20. The summed E-state index contributed by atoms with van der Waals surface area (Å²) in [5.74, 6) is -0.515. The number of hydrogen-bond acceptors (Lipinski definition) is 3. The van der Waals surface area contributed by atoms with Gasteiger partial charge in [0.2, 0.25) is 5.24 Å². The molecule has 0 radical (unpaired) electrons. The normalized spacial score (nSPS) is 13.9. The third-order valence-corrected chi connectivity index (χ3v) is 2.36. The number of halogens is 1. The molecule has 0 spiro atoms. The van der Waals surface area contributed by atoms with Crippen LogP contribution >= 0.6 is 11.6 Å². The van der Waals surface area contributed by atoms with E-state index in [1.807, 2.05) is 6.92 Å². The minimum Gasteiger partial charge on any atom is -0.462 e. The molecule has 0 rings (SSSR count). The molecule has 0 saturated heterocycles. The summed E-state index contributed by atoms with van der Waals surface area (Å²) < 4.78 is 5.22. The SMILES string of the molecule is C=CC[C@H](C)C(=O)O[C@H](CCC)CC(=O)Cl. The van der Waals surface area contributed by atoms with Crippen molar-refractivity contribution in [2.75, 3.05) is 0 Å². The summed E-state index contributed by atoms with van der Waals surface area (Å²) in [5, 5.41) is -0.470. The van der Waals surface area contributed by atoms with E-state index in [4.69, 9.17) is 16.3 Å². The second kappa shape index (κ2) is 8.34. The van der Waals surface area contributed by atoms with E-state index >= 15 is 0 Å². The van der Waals surface area contributed by atoms with Gasteiger partial charge in [-0.3, -0.25) is 9.59 Å². The van der Waals surface area contributed by atoms with Crippen LogP contribution in [0.5, 0.6) is 0 Å². The van der Waals surface area contributed by atoms with Gasteiger partial charge in [0.1, 0.15) is 6.10 Å². The van der Waals surface area contributed by atoms with E-state index in [9.17, 15) is 9.59 Å². The van der Waals surface area contributed by atoms with Crippen LogP contribution in [-0.4, -0.2) is 17.3 Å². The Kier molecular flexibility index (Phi) is 7.90. The first-order chi connectivity index (χ1) is 7.51. The van der Waals surface area contributed by atoms with Crippen molar-refractivity contribution >= 4 is 22.8 Å². The summed E-state index contributed by atoms with van der Waals surface area (Å²) in [6.45, 7) is 7.30. The van der Waals surface area contributed by atoms with Crippen LogP contribution in [-0.2, 0) is 14.3 Å². The predicted molar refractivity (Wildman–Crippen MR) is 64.2 cm³/mol. The Morgan fingerprint density at radius 2 is 2.12 bits per heavy atom. The Hall–Kier alpha value is -0.830. The zero-order valence-electron chi connectivity index (χ0n) is 9.87. The monoisotopic (exact) mass is 246 g/mol. The van der Waals surface area contributed by atoms with Gasteiger partial charge in [0.05, 0.1) is 12.3 Å². The number of carbonyl (C=O) groups excluding carboxylic acids is 2. The molecule has 0 unspecified atom stereocenters. The van der Waals surface area contributed by atoms with E-state index in [0.717, 1.165) is 6.42 Å². The topological polar surface area (TPSA) is 43.4 Å². The number of ether oxygens (including phenoxy) is 1. The second-order valence-corrected chi connectivity index (χ2v) is 4.25. The van der Waals surface area contributed by atoms with E-state index < -0.39 is 11.3 Å². The summed E-state index contributed by atoms with van der Waals surface area (Å²) in [6, 6.07) is 0. The van der Waals surface area contributed by atoms with E-state index in [1.165, 1.54) is 0 Å². The minimum absolute atomic E-state index is 0.0853. The van der Waals surface area contributed by atoms with Gasteiger partial charge in [-0.25, -0.2) is 0 Å². The summed E-state index contributed by atoms with van der Waals surface area (Å²) >= 11 is 5.29. The lowest BCUT2D eigenvalue weighted by atomic mass is 10.1. The highest BCUT2D eigenvalue weighted by molar-refractivity contribution is 6.63. The molecule has 0 N–H and O–H groups in total. The number of rotatable bonds is 8. The maximum absolute atomic E-state index is 11.6. The van der Waals surface area contributed by atoms with Crippen molar-refractivity contribution in [3.8, 4) is 0 Å². The molecule has 0 aromatic heterocycles. The Labute approximate surface area is 102 Å². The second-order valence-electron chi connectivity index (χ2n) is 3.83. The first-order valence-corrected chi connectivity index (χ1v) is 5.88. The Bertz CT molecular complexity index is 251. The van der Waals surface area contributed by atoms with Crippen molar-refractivity contribution in [2.24, 2.45) is 5.92 Å². The van der Waals surface area contributed by atoms with Gasteiger partial charge in [0.25, 0.3) is 0 Å². The van der Waals surface area contributed by atoms with Gasteiger partial charge in [-0.05, 0) is 24.4 Å². The molecule has 0 saturated carbocycles. The van der Waals surface area contributed by atoms with Gasteiger partial charge < -0.3 is 4.74 Å². The molecule has 0 aromatic carbocycles. The molecule has 16 heavy (non-hydrogen) atoms. The Balaban J connectivity index is 4.21. The van der Waals surface area contributed by atoms with Crippen LogP contribution in [0.25, 0.3) is 0 Å². The highest BCUT2D eigenvalue weighted by Crippen LogP contribution is 2.13. The largest absolute Gasteiger partial charge is 0.462 e. The Morgan fingerprint density at radius 1 is 1.50 bits per heavy atom. The molecular formula is C12H19ClO3. The maximum atomic E-state index is 11.6. The molecule has 0 bridgehead atoms. The molecule has 0 heterocycles. The quantitative estimate of drug-likeness (QED) is 0.376. The molecule has 0 amide bonds. The van der Waals surface area contributed by atoms with Gasteiger partial charge in [0.15, 0.2) is 0 Å².